The van der Waals surface area contributed by atoms with Gasteiger partial charge < -0.3 is 20.5 Å². The minimum absolute atomic E-state index is 0.0427. The summed E-state index contributed by atoms with van der Waals surface area (Å²) >= 11 is 0. The Balaban J connectivity index is 1.79. The van der Waals surface area contributed by atoms with E-state index < -0.39 is 0 Å². The van der Waals surface area contributed by atoms with Crippen LogP contribution in [0.1, 0.15) is 31.7 Å². The maximum atomic E-state index is 12.2. The molecule has 1 fully saturated rings. The van der Waals surface area contributed by atoms with Crippen molar-refractivity contribution < 1.29 is 14.3 Å². The molecule has 0 spiro atoms. The lowest BCUT2D eigenvalue weighted by atomic mass is 10.1. The number of rotatable bonds is 8. The summed E-state index contributed by atoms with van der Waals surface area (Å²) in [5.41, 5.74) is 7.72. The van der Waals surface area contributed by atoms with Crippen molar-refractivity contribution in [2.24, 2.45) is 11.7 Å². The van der Waals surface area contributed by atoms with Crippen molar-refractivity contribution in [2.45, 2.75) is 38.8 Å². The number of nitrogens with two attached hydrogens (primary N) is 1. The average Bonchev–Trinajstić information content (AvgIpc) is 2.94. The Kier molecular flexibility index (Phi) is 6.83. The molecule has 0 heterocycles. The third-order valence-corrected chi connectivity index (χ3v) is 3.88. The van der Waals surface area contributed by atoms with E-state index >= 15 is 0 Å². The fourth-order valence-corrected chi connectivity index (χ4v) is 2.69. The van der Waals surface area contributed by atoms with E-state index in [1.54, 1.807) is 0 Å². The highest BCUT2D eigenvalue weighted by molar-refractivity contribution is 5.92. The predicted octanol–water partition coefficient (Wildman–Crippen LogP) is 2.31. The van der Waals surface area contributed by atoms with Crippen molar-refractivity contribution in [3.8, 4) is 0 Å². The van der Waals surface area contributed by atoms with Crippen LogP contribution >= 0.6 is 0 Å². The molecular weight excluding hydrogens is 280 g/mol. The molecule has 1 aliphatic rings. The molecule has 0 bridgehead atoms. The number of carbonyl (C=O) groups excluding carboxylic acids is 1. The van der Waals surface area contributed by atoms with Gasteiger partial charge in [-0.3, -0.25) is 4.79 Å². The zero-order chi connectivity index (χ0) is 15.8. The van der Waals surface area contributed by atoms with Crippen molar-refractivity contribution in [1.29, 1.82) is 0 Å². The number of hydrogen-bond acceptors (Lipinski definition) is 4. The lowest BCUT2D eigenvalue weighted by molar-refractivity contribution is -0.119. The Bertz CT molecular complexity index is 479. The van der Waals surface area contributed by atoms with Gasteiger partial charge in [0.25, 0.3) is 0 Å². The Morgan fingerprint density at radius 2 is 2.14 bits per heavy atom. The SMILES string of the molecule is CCOCCOCc1cccc(NC(=O)C2CCC(N)C2)c1. The quantitative estimate of drug-likeness (QED) is 0.723. The fraction of sp³-hybridized carbons (Fsp3) is 0.588. The summed E-state index contributed by atoms with van der Waals surface area (Å²) < 4.78 is 10.8. The van der Waals surface area contributed by atoms with Crippen LogP contribution in [0.15, 0.2) is 24.3 Å². The lowest BCUT2D eigenvalue weighted by Gasteiger charge is -2.12. The minimum atomic E-state index is 0.0427. The molecule has 2 atom stereocenters. The molecule has 2 rings (SSSR count). The zero-order valence-electron chi connectivity index (χ0n) is 13.2. The first-order valence-corrected chi connectivity index (χ1v) is 8.00. The summed E-state index contributed by atoms with van der Waals surface area (Å²) in [6.07, 6.45) is 2.60. The highest BCUT2D eigenvalue weighted by Gasteiger charge is 2.27. The van der Waals surface area contributed by atoms with E-state index in [0.29, 0.717) is 26.4 Å². The molecule has 1 aliphatic carbocycles. The highest BCUT2D eigenvalue weighted by Crippen LogP contribution is 2.25. The number of nitrogens with one attached hydrogen (secondary N) is 1. The number of carbonyl (C=O) groups is 1. The standard InChI is InChI=1S/C17H26N2O3/c1-2-21-8-9-22-12-13-4-3-5-16(10-13)19-17(20)14-6-7-15(18)11-14/h3-5,10,14-15H,2,6-9,11-12,18H2,1H3,(H,19,20). The van der Waals surface area contributed by atoms with Gasteiger partial charge in [-0.1, -0.05) is 12.1 Å². The molecule has 0 radical (unpaired) electrons. The normalized spacial score (nSPS) is 21.0. The van der Waals surface area contributed by atoms with Gasteiger partial charge in [0, 0.05) is 24.3 Å². The third kappa shape index (κ3) is 5.40. The number of ether oxygens (including phenoxy) is 2. The van der Waals surface area contributed by atoms with Crippen molar-refractivity contribution in [3.05, 3.63) is 29.8 Å². The van der Waals surface area contributed by atoms with Crippen LogP contribution in [0, 0.1) is 5.92 Å². The summed E-state index contributed by atoms with van der Waals surface area (Å²) in [6, 6.07) is 7.93. The zero-order valence-corrected chi connectivity index (χ0v) is 13.2. The summed E-state index contributed by atoms with van der Waals surface area (Å²) in [5.74, 6) is 0.114. The van der Waals surface area contributed by atoms with E-state index in [4.69, 9.17) is 15.2 Å². The molecule has 1 saturated carbocycles. The molecule has 0 aromatic heterocycles. The second-order valence-electron chi connectivity index (χ2n) is 5.71. The van der Waals surface area contributed by atoms with Crippen molar-refractivity contribution in [1.82, 2.24) is 0 Å². The van der Waals surface area contributed by atoms with Crippen LogP contribution in [0.25, 0.3) is 0 Å². The van der Waals surface area contributed by atoms with Gasteiger partial charge in [-0.2, -0.15) is 0 Å². The van der Waals surface area contributed by atoms with Gasteiger partial charge in [-0.25, -0.2) is 0 Å². The van der Waals surface area contributed by atoms with Gasteiger partial charge in [0.05, 0.1) is 19.8 Å². The first-order chi connectivity index (χ1) is 10.7. The Hall–Kier alpha value is -1.43. The highest BCUT2D eigenvalue weighted by atomic mass is 16.5. The van der Waals surface area contributed by atoms with E-state index in [1.807, 2.05) is 31.2 Å². The molecule has 0 saturated heterocycles. The monoisotopic (exact) mass is 306 g/mol. The topological polar surface area (TPSA) is 73.6 Å². The fourth-order valence-electron chi connectivity index (χ4n) is 2.69. The van der Waals surface area contributed by atoms with Crippen molar-refractivity contribution in [3.63, 3.8) is 0 Å². The first-order valence-electron chi connectivity index (χ1n) is 8.00. The van der Waals surface area contributed by atoms with Crippen molar-refractivity contribution in [2.75, 3.05) is 25.1 Å². The number of benzene rings is 1. The summed E-state index contributed by atoms with van der Waals surface area (Å²) in [7, 11) is 0. The van der Waals surface area contributed by atoms with E-state index in [2.05, 4.69) is 5.32 Å². The van der Waals surface area contributed by atoms with E-state index in [-0.39, 0.29) is 17.9 Å². The minimum Gasteiger partial charge on any atom is -0.379 e. The van der Waals surface area contributed by atoms with Crippen LogP contribution < -0.4 is 11.1 Å². The number of hydrogen-bond donors (Lipinski definition) is 2. The number of amides is 1. The Labute approximate surface area is 132 Å². The molecule has 1 amide bonds. The van der Waals surface area contributed by atoms with E-state index in [9.17, 15) is 4.79 Å². The van der Waals surface area contributed by atoms with Gasteiger partial charge in [-0.15, -0.1) is 0 Å². The molecule has 122 valence electrons. The smallest absolute Gasteiger partial charge is 0.227 e. The van der Waals surface area contributed by atoms with Gasteiger partial charge >= 0.3 is 0 Å². The molecular formula is C17H26N2O3. The predicted molar refractivity (Wildman–Crippen MR) is 86.5 cm³/mol. The molecule has 1 aromatic rings. The summed E-state index contributed by atoms with van der Waals surface area (Å²) in [6.45, 7) is 4.36. The number of anilines is 1. The van der Waals surface area contributed by atoms with Crippen LogP contribution in [0.4, 0.5) is 5.69 Å². The van der Waals surface area contributed by atoms with Gasteiger partial charge in [0.15, 0.2) is 0 Å². The molecule has 2 unspecified atom stereocenters. The maximum absolute atomic E-state index is 12.2. The average molecular weight is 306 g/mol. The molecule has 0 aliphatic heterocycles. The molecule has 22 heavy (non-hydrogen) atoms. The molecule has 5 nitrogen and oxygen atoms in total. The van der Waals surface area contributed by atoms with Gasteiger partial charge in [0.1, 0.15) is 0 Å². The summed E-state index contributed by atoms with van der Waals surface area (Å²) in [5, 5.41) is 2.98. The van der Waals surface area contributed by atoms with Crippen LogP contribution in [0.2, 0.25) is 0 Å². The second kappa shape index (κ2) is 8.88. The Morgan fingerprint density at radius 1 is 1.32 bits per heavy atom. The van der Waals surface area contributed by atoms with Crippen LogP contribution in [0.5, 0.6) is 0 Å². The second-order valence-corrected chi connectivity index (χ2v) is 5.71. The van der Waals surface area contributed by atoms with E-state index in [0.717, 1.165) is 30.5 Å². The first kappa shape index (κ1) is 16.9. The molecule has 5 heteroatoms. The van der Waals surface area contributed by atoms with Crippen LogP contribution in [-0.4, -0.2) is 31.8 Å². The molecule has 3 N–H and O–H groups in total. The van der Waals surface area contributed by atoms with E-state index in [1.165, 1.54) is 0 Å². The van der Waals surface area contributed by atoms with Crippen LogP contribution in [0.3, 0.4) is 0 Å². The molecule has 1 aromatic carbocycles. The lowest BCUT2D eigenvalue weighted by Crippen LogP contribution is -2.23. The Morgan fingerprint density at radius 3 is 2.86 bits per heavy atom. The van der Waals surface area contributed by atoms with Gasteiger partial charge in [0.2, 0.25) is 5.91 Å². The largest absolute Gasteiger partial charge is 0.379 e. The van der Waals surface area contributed by atoms with Gasteiger partial charge in [-0.05, 0) is 43.9 Å². The van der Waals surface area contributed by atoms with Crippen LogP contribution in [-0.2, 0) is 20.9 Å². The third-order valence-electron chi connectivity index (χ3n) is 3.88. The maximum Gasteiger partial charge on any atom is 0.227 e. The summed E-state index contributed by atoms with van der Waals surface area (Å²) in [4.78, 5) is 12.2. The van der Waals surface area contributed by atoms with Crippen molar-refractivity contribution >= 4 is 11.6 Å².